The molecule has 2 amide bonds. The summed E-state index contributed by atoms with van der Waals surface area (Å²) >= 11 is 0. The van der Waals surface area contributed by atoms with Crippen molar-refractivity contribution in [3.63, 3.8) is 0 Å². The molecule has 1 aromatic carbocycles. The number of nitrogens with two attached hydrogens (primary N) is 1. The van der Waals surface area contributed by atoms with Crippen molar-refractivity contribution in [1.82, 2.24) is 9.80 Å². The fraction of sp³-hybridized carbons (Fsp3) is 0.714. The van der Waals surface area contributed by atoms with Crippen molar-refractivity contribution in [3.8, 4) is 0 Å². The van der Waals surface area contributed by atoms with Crippen molar-refractivity contribution in [2.24, 2.45) is 5.92 Å². The second kappa shape index (κ2) is 11.4. The quantitative estimate of drug-likeness (QED) is 0.561. The van der Waals surface area contributed by atoms with Gasteiger partial charge < -0.3 is 25.4 Å². The molecule has 1 aliphatic carbocycles. The van der Waals surface area contributed by atoms with Crippen LogP contribution in [0.25, 0.3) is 0 Å². The number of carbonyl (C=O) groups excluding carboxylic acids is 2. The Labute approximate surface area is 221 Å². The predicted molar refractivity (Wildman–Crippen MR) is 147 cm³/mol. The van der Waals surface area contributed by atoms with Gasteiger partial charge in [-0.3, -0.25) is 9.80 Å². The van der Waals surface area contributed by atoms with Crippen LogP contribution in [0.3, 0.4) is 0 Å². The number of piperazine rings is 1. The van der Waals surface area contributed by atoms with Crippen LogP contribution in [-0.4, -0.2) is 79.5 Å². The third-order valence-electron chi connectivity index (χ3n) is 7.90. The Morgan fingerprint density at radius 3 is 2.49 bits per heavy atom. The lowest BCUT2D eigenvalue weighted by Gasteiger charge is -2.39. The number of fused-ring (bicyclic) bond motifs is 1. The first-order valence-electron chi connectivity index (χ1n) is 13.8. The van der Waals surface area contributed by atoms with Crippen LogP contribution in [0.5, 0.6) is 0 Å². The van der Waals surface area contributed by atoms with Gasteiger partial charge in [-0.1, -0.05) is 6.42 Å². The molecule has 2 fully saturated rings. The van der Waals surface area contributed by atoms with Gasteiger partial charge in [0.1, 0.15) is 5.60 Å². The zero-order valence-electron chi connectivity index (χ0n) is 23.2. The van der Waals surface area contributed by atoms with E-state index >= 15 is 0 Å². The topological polar surface area (TPSA) is 100 Å². The number of nitrogen functional groups attached to an aromatic ring is 1. The van der Waals surface area contributed by atoms with E-state index in [1.165, 1.54) is 20.0 Å². The van der Waals surface area contributed by atoms with Crippen molar-refractivity contribution >= 4 is 29.2 Å². The van der Waals surface area contributed by atoms with Crippen LogP contribution in [0, 0.1) is 5.92 Å². The minimum Gasteiger partial charge on any atom is -0.452 e. The summed E-state index contributed by atoms with van der Waals surface area (Å²) in [6.45, 7) is 12.0. The summed E-state index contributed by atoms with van der Waals surface area (Å²) in [6, 6.07) is 4.48. The first-order chi connectivity index (χ1) is 17.6. The molecule has 9 heteroatoms. The molecule has 4 rings (SSSR count). The van der Waals surface area contributed by atoms with E-state index in [4.69, 9.17) is 15.2 Å². The molecule has 0 radical (unpaired) electrons. The van der Waals surface area contributed by atoms with Gasteiger partial charge in [0.2, 0.25) is 0 Å². The lowest BCUT2D eigenvalue weighted by atomic mass is 9.85. The number of carbonyl (C=O) groups is 2. The molecule has 2 aliphatic heterocycles. The van der Waals surface area contributed by atoms with Crippen molar-refractivity contribution in [3.05, 3.63) is 17.7 Å². The summed E-state index contributed by atoms with van der Waals surface area (Å²) in [4.78, 5) is 30.8. The minimum atomic E-state index is -0.459. The molecule has 0 aromatic heterocycles. The molecule has 1 saturated heterocycles. The lowest BCUT2D eigenvalue weighted by Crippen LogP contribution is -2.51. The van der Waals surface area contributed by atoms with Crippen LogP contribution < -0.4 is 16.0 Å². The Morgan fingerprint density at radius 1 is 1.08 bits per heavy atom. The third kappa shape index (κ3) is 6.61. The van der Waals surface area contributed by atoms with Crippen LogP contribution in [0.2, 0.25) is 0 Å². The summed E-state index contributed by atoms with van der Waals surface area (Å²) in [7, 11) is 1.42. The molecular weight excluding hydrogens is 470 g/mol. The van der Waals surface area contributed by atoms with Gasteiger partial charge >= 0.3 is 12.2 Å². The zero-order chi connectivity index (χ0) is 26.7. The normalized spacial score (nSPS) is 24.8. The molecule has 3 atom stereocenters. The van der Waals surface area contributed by atoms with Gasteiger partial charge in [-0.2, -0.15) is 0 Å². The van der Waals surface area contributed by atoms with E-state index in [0.717, 1.165) is 81.0 Å². The molecule has 0 bridgehead atoms. The number of ether oxygens (including phenoxy) is 2. The molecule has 0 unspecified atom stereocenters. The van der Waals surface area contributed by atoms with E-state index in [1.54, 1.807) is 4.90 Å². The number of nitrogens with one attached hydrogen (secondary N) is 1. The van der Waals surface area contributed by atoms with E-state index in [-0.39, 0.29) is 18.2 Å². The highest BCUT2D eigenvalue weighted by Crippen LogP contribution is 2.39. The molecule has 1 aromatic rings. The summed E-state index contributed by atoms with van der Waals surface area (Å²) in [6.07, 6.45) is 5.83. The smallest absolute Gasteiger partial charge is 0.414 e. The number of nitrogens with zero attached hydrogens (tertiary/aromatic N) is 3. The van der Waals surface area contributed by atoms with Crippen molar-refractivity contribution in [1.29, 1.82) is 0 Å². The standard InChI is InChI=1S/C28H45N5O4/c1-19-9-10-22-24(33(19)27(35)36-5)12-11-23(25(22)29)30-21-8-6-7-20(17-21)18-31-13-15-32(16-14-31)26(34)37-28(2,3)4/h11-12,19-21,30H,6-10,13-18,29H2,1-5H3/t19-,20+,21+/m0/s1. The maximum Gasteiger partial charge on any atom is 0.414 e. The van der Waals surface area contributed by atoms with Crippen LogP contribution in [0.4, 0.5) is 26.7 Å². The Hall–Kier alpha value is -2.68. The fourth-order valence-corrected chi connectivity index (χ4v) is 5.98. The Morgan fingerprint density at radius 2 is 1.81 bits per heavy atom. The van der Waals surface area contributed by atoms with Crippen LogP contribution in [-0.2, 0) is 15.9 Å². The number of amides is 2. The first-order valence-corrected chi connectivity index (χ1v) is 13.8. The molecule has 3 aliphatic rings. The molecule has 9 nitrogen and oxygen atoms in total. The Balaban J connectivity index is 1.32. The van der Waals surface area contributed by atoms with E-state index in [2.05, 4.69) is 10.2 Å². The van der Waals surface area contributed by atoms with Gasteiger partial charge in [-0.25, -0.2) is 9.59 Å². The molecule has 3 N–H and O–H groups in total. The van der Waals surface area contributed by atoms with Crippen molar-refractivity contribution < 1.29 is 19.1 Å². The van der Waals surface area contributed by atoms with E-state index in [0.29, 0.717) is 12.0 Å². The molecule has 37 heavy (non-hydrogen) atoms. The van der Waals surface area contributed by atoms with Crippen LogP contribution in [0.1, 0.15) is 65.4 Å². The zero-order valence-corrected chi connectivity index (χ0v) is 23.2. The van der Waals surface area contributed by atoms with Gasteiger partial charge in [-0.05, 0) is 77.8 Å². The Kier molecular flexibility index (Phi) is 8.41. The second-order valence-electron chi connectivity index (χ2n) is 11.9. The van der Waals surface area contributed by atoms with Crippen molar-refractivity contribution in [2.75, 3.05) is 55.8 Å². The maximum absolute atomic E-state index is 12.4. The number of anilines is 3. The van der Waals surface area contributed by atoms with Crippen molar-refractivity contribution in [2.45, 2.75) is 83.9 Å². The number of rotatable bonds is 4. The van der Waals surface area contributed by atoms with E-state index in [9.17, 15) is 9.59 Å². The van der Waals surface area contributed by atoms with E-state index in [1.807, 2.05) is 44.7 Å². The highest BCUT2D eigenvalue weighted by Gasteiger charge is 2.32. The first kappa shape index (κ1) is 27.4. The number of hydrogen-bond donors (Lipinski definition) is 2. The summed E-state index contributed by atoms with van der Waals surface area (Å²) < 4.78 is 10.6. The number of hydrogen-bond acceptors (Lipinski definition) is 7. The molecular formula is C28H45N5O4. The highest BCUT2D eigenvalue weighted by molar-refractivity contribution is 5.93. The monoisotopic (exact) mass is 515 g/mol. The SMILES string of the molecule is COC(=O)N1c2ccc(N[C@@H]3CCC[C@@H](CN4CCN(C(=O)OC(C)(C)C)CC4)C3)c(N)c2CC[C@@H]1C. The van der Waals surface area contributed by atoms with Crippen LogP contribution in [0.15, 0.2) is 12.1 Å². The number of methoxy groups -OCH3 is 1. The molecule has 2 heterocycles. The summed E-state index contributed by atoms with van der Waals surface area (Å²) in [5.74, 6) is 0.619. The second-order valence-corrected chi connectivity index (χ2v) is 11.9. The van der Waals surface area contributed by atoms with Gasteiger partial charge in [0.25, 0.3) is 0 Å². The molecule has 0 spiro atoms. The Bertz CT molecular complexity index is 970. The minimum absolute atomic E-state index is 0.0864. The average molecular weight is 516 g/mol. The van der Waals surface area contributed by atoms with Gasteiger partial charge in [0.05, 0.1) is 24.2 Å². The lowest BCUT2D eigenvalue weighted by molar-refractivity contribution is 0.0128. The molecule has 206 valence electrons. The average Bonchev–Trinajstić information content (AvgIpc) is 2.85. The predicted octanol–water partition coefficient (Wildman–Crippen LogP) is 4.70. The molecule has 1 saturated carbocycles. The largest absolute Gasteiger partial charge is 0.452 e. The summed E-state index contributed by atoms with van der Waals surface area (Å²) in [5, 5.41) is 3.73. The van der Waals surface area contributed by atoms with Gasteiger partial charge in [-0.15, -0.1) is 0 Å². The highest BCUT2D eigenvalue weighted by atomic mass is 16.6. The van der Waals surface area contributed by atoms with Gasteiger partial charge in [0.15, 0.2) is 0 Å². The number of benzene rings is 1. The summed E-state index contributed by atoms with van der Waals surface area (Å²) in [5.41, 5.74) is 9.79. The third-order valence-corrected chi connectivity index (χ3v) is 7.90. The van der Waals surface area contributed by atoms with E-state index < -0.39 is 5.60 Å². The van der Waals surface area contributed by atoms with Gasteiger partial charge in [0, 0.05) is 50.4 Å². The van der Waals surface area contributed by atoms with Crippen LogP contribution >= 0.6 is 0 Å². The fourth-order valence-electron chi connectivity index (χ4n) is 5.98. The maximum atomic E-state index is 12.4.